The highest BCUT2D eigenvalue weighted by Gasteiger charge is 2.03. The van der Waals surface area contributed by atoms with Gasteiger partial charge in [-0.15, -0.1) is 0 Å². The molecule has 0 atom stereocenters. The zero-order chi connectivity index (χ0) is 9.14. The molecule has 0 fully saturated rings. The largest absolute Gasteiger partial charge is 0.269 e. The van der Waals surface area contributed by atoms with Crippen molar-refractivity contribution in [3.05, 3.63) is 46.5 Å². The maximum Gasteiger partial charge on any atom is 0.269 e. The number of halogens is 1. The maximum absolute atomic E-state index is 10.2. The van der Waals surface area contributed by atoms with Gasteiger partial charge in [0, 0.05) is 17.2 Å². The highest BCUT2D eigenvalue weighted by atomic mass is 35.5. The van der Waals surface area contributed by atoms with Gasteiger partial charge in [-0.25, -0.2) is 0 Å². The van der Waals surface area contributed by atoms with Crippen molar-refractivity contribution in [1.82, 2.24) is 0 Å². The molecule has 0 spiro atoms. The number of non-ortho nitro benzene ring substituents is 1. The lowest BCUT2D eigenvalue weighted by Gasteiger charge is -1.95. The van der Waals surface area contributed by atoms with E-state index in [4.69, 9.17) is 11.6 Å². The van der Waals surface area contributed by atoms with Gasteiger partial charge >= 0.3 is 0 Å². The van der Waals surface area contributed by atoms with Crippen LogP contribution in [0, 0.1) is 10.1 Å². The van der Waals surface area contributed by atoms with E-state index in [1.54, 1.807) is 12.1 Å². The average molecular weight is 184 g/mol. The van der Waals surface area contributed by atoms with Crippen LogP contribution in [0.3, 0.4) is 0 Å². The Kier molecular flexibility index (Phi) is 2.45. The van der Waals surface area contributed by atoms with Gasteiger partial charge in [0.1, 0.15) is 0 Å². The van der Waals surface area contributed by atoms with E-state index >= 15 is 0 Å². The minimum absolute atomic E-state index is 0.0525. The molecule has 4 heteroatoms. The molecule has 1 aromatic carbocycles. The summed E-state index contributed by atoms with van der Waals surface area (Å²) < 4.78 is 0. The van der Waals surface area contributed by atoms with Gasteiger partial charge in [0.25, 0.3) is 5.69 Å². The number of hydrogen-bond acceptors (Lipinski definition) is 2. The Morgan fingerprint density at radius 1 is 1.42 bits per heavy atom. The molecule has 3 nitrogen and oxygen atoms in total. The molecule has 12 heavy (non-hydrogen) atoms. The number of rotatable bonds is 2. The van der Waals surface area contributed by atoms with Gasteiger partial charge in [0.05, 0.1) is 4.92 Å². The van der Waals surface area contributed by atoms with Gasteiger partial charge in [0.15, 0.2) is 0 Å². The second kappa shape index (κ2) is 3.36. The van der Waals surface area contributed by atoms with Crippen LogP contribution in [0.25, 0.3) is 5.03 Å². The molecular formula is C8H6ClNO2. The van der Waals surface area contributed by atoms with Gasteiger partial charge in [0.2, 0.25) is 0 Å². The fourth-order valence-electron chi connectivity index (χ4n) is 0.764. The van der Waals surface area contributed by atoms with E-state index in [9.17, 15) is 10.1 Å². The maximum atomic E-state index is 10.2. The van der Waals surface area contributed by atoms with Crippen molar-refractivity contribution < 1.29 is 4.92 Å². The molecule has 0 saturated carbocycles. The molecule has 0 N–H and O–H groups in total. The SMILES string of the molecule is C=C(Cl)c1ccc([N+](=O)[O-])cc1. The smallest absolute Gasteiger partial charge is 0.258 e. The van der Waals surface area contributed by atoms with E-state index in [-0.39, 0.29) is 5.69 Å². The highest BCUT2D eigenvalue weighted by Crippen LogP contribution is 2.19. The molecule has 0 amide bonds. The van der Waals surface area contributed by atoms with E-state index in [1.165, 1.54) is 12.1 Å². The van der Waals surface area contributed by atoms with Gasteiger partial charge < -0.3 is 0 Å². The summed E-state index contributed by atoms with van der Waals surface area (Å²) in [4.78, 5) is 9.77. The quantitative estimate of drug-likeness (QED) is 0.523. The van der Waals surface area contributed by atoms with Crippen molar-refractivity contribution in [2.24, 2.45) is 0 Å². The van der Waals surface area contributed by atoms with E-state index < -0.39 is 4.92 Å². The van der Waals surface area contributed by atoms with E-state index in [0.717, 1.165) is 0 Å². The molecule has 0 saturated heterocycles. The lowest BCUT2D eigenvalue weighted by atomic mass is 10.2. The predicted molar refractivity (Wildman–Crippen MR) is 48.0 cm³/mol. The lowest BCUT2D eigenvalue weighted by Crippen LogP contribution is -1.87. The van der Waals surface area contributed by atoms with Crippen molar-refractivity contribution in [3.63, 3.8) is 0 Å². The summed E-state index contributed by atoms with van der Waals surface area (Å²) in [5.74, 6) is 0. The summed E-state index contributed by atoms with van der Waals surface area (Å²) in [6.45, 7) is 3.50. The first-order chi connectivity index (χ1) is 5.61. The second-order valence-electron chi connectivity index (χ2n) is 2.21. The van der Waals surface area contributed by atoms with Crippen LogP contribution in [-0.2, 0) is 0 Å². The molecule has 0 aliphatic heterocycles. The van der Waals surface area contributed by atoms with Crippen molar-refractivity contribution in [2.45, 2.75) is 0 Å². The monoisotopic (exact) mass is 183 g/mol. The normalized spacial score (nSPS) is 9.42. The number of hydrogen-bond donors (Lipinski definition) is 0. The van der Waals surface area contributed by atoms with Crippen LogP contribution in [0.4, 0.5) is 5.69 Å². The molecule has 1 aromatic rings. The summed E-state index contributed by atoms with van der Waals surface area (Å²) in [7, 11) is 0. The summed E-state index contributed by atoms with van der Waals surface area (Å²) >= 11 is 5.57. The molecule has 1 rings (SSSR count). The fraction of sp³-hybridized carbons (Fsp3) is 0. The van der Waals surface area contributed by atoms with Crippen LogP contribution < -0.4 is 0 Å². The Balaban J connectivity index is 3.01. The van der Waals surface area contributed by atoms with Crippen molar-refractivity contribution in [1.29, 1.82) is 0 Å². The second-order valence-corrected chi connectivity index (χ2v) is 2.67. The van der Waals surface area contributed by atoms with Crippen LogP contribution in [0.5, 0.6) is 0 Å². The average Bonchev–Trinajstić information content (AvgIpc) is 2.04. The zero-order valence-electron chi connectivity index (χ0n) is 6.16. The Hall–Kier alpha value is -1.35. The number of nitrogens with zero attached hydrogens (tertiary/aromatic N) is 1. The Morgan fingerprint density at radius 3 is 2.25 bits per heavy atom. The van der Waals surface area contributed by atoms with E-state index in [1.807, 2.05) is 0 Å². The summed E-state index contributed by atoms with van der Waals surface area (Å²) in [5, 5.41) is 10.6. The molecule has 0 radical (unpaired) electrons. The third kappa shape index (κ3) is 1.83. The Morgan fingerprint density at radius 2 is 1.92 bits per heavy atom. The standard InChI is InChI=1S/C8H6ClNO2/c1-6(9)7-2-4-8(5-3-7)10(11)12/h2-5H,1H2. The number of benzene rings is 1. The third-order valence-corrected chi connectivity index (χ3v) is 1.61. The lowest BCUT2D eigenvalue weighted by molar-refractivity contribution is -0.384. The summed E-state index contributed by atoms with van der Waals surface area (Å²) in [5.41, 5.74) is 0.749. The van der Waals surface area contributed by atoms with Gasteiger partial charge in [-0.1, -0.05) is 18.2 Å². The van der Waals surface area contributed by atoms with Gasteiger partial charge in [-0.2, -0.15) is 0 Å². The summed E-state index contributed by atoms with van der Waals surface area (Å²) in [6, 6.07) is 5.91. The number of nitro benzene ring substituents is 1. The minimum atomic E-state index is -0.458. The van der Waals surface area contributed by atoms with Crippen molar-refractivity contribution >= 4 is 22.3 Å². The first kappa shape index (κ1) is 8.74. The molecule has 62 valence electrons. The van der Waals surface area contributed by atoms with Crippen LogP contribution in [0.1, 0.15) is 5.56 Å². The predicted octanol–water partition coefficient (Wildman–Crippen LogP) is 2.80. The van der Waals surface area contributed by atoms with Crippen LogP contribution >= 0.6 is 11.6 Å². The Bertz CT molecular complexity index is 285. The fourth-order valence-corrected chi connectivity index (χ4v) is 0.890. The molecule has 0 aliphatic carbocycles. The molecule has 0 unspecified atom stereocenters. The molecule has 0 bridgehead atoms. The van der Waals surface area contributed by atoms with Crippen LogP contribution in [-0.4, -0.2) is 4.92 Å². The highest BCUT2D eigenvalue weighted by molar-refractivity contribution is 6.48. The van der Waals surface area contributed by atoms with Crippen molar-refractivity contribution in [2.75, 3.05) is 0 Å². The topological polar surface area (TPSA) is 43.1 Å². The van der Waals surface area contributed by atoms with Gasteiger partial charge in [-0.3, -0.25) is 10.1 Å². The first-order valence-corrected chi connectivity index (χ1v) is 3.58. The molecule has 0 aliphatic rings. The van der Waals surface area contributed by atoms with Crippen LogP contribution in [0.2, 0.25) is 0 Å². The van der Waals surface area contributed by atoms with Gasteiger partial charge in [-0.05, 0) is 17.7 Å². The summed E-state index contributed by atoms with van der Waals surface area (Å²) in [6.07, 6.45) is 0. The van der Waals surface area contributed by atoms with E-state index in [0.29, 0.717) is 10.6 Å². The molecule has 0 heterocycles. The molecular weight excluding hydrogens is 178 g/mol. The Labute approximate surface area is 74.4 Å². The molecule has 0 aromatic heterocycles. The first-order valence-electron chi connectivity index (χ1n) is 3.20. The minimum Gasteiger partial charge on any atom is -0.258 e. The zero-order valence-corrected chi connectivity index (χ0v) is 6.91. The third-order valence-electron chi connectivity index (χ3n) is 1.39. The van der Waals surface area contributed by atoms with Crippen molar-refractivity contribution in [3.8, 4) is 0 Å². The van der Waals surface area contributed by atoms with Crippen LogP contribution in [0.15, 0.2) is 30.8 Å². The number of nitro groups is 1. The van der Waals surface area contributed by atoms with E-state index in [2.05, 4.69) is 6.58 Å².